The Balaban J connectivity index is 1.79. The van der Waals surface area contributed by atoms with Gasteiger partial charge in [0.25, 0.3) is 5.91 Å². The third-order valence-corrected chi connectivity index (χ3v) is 4.75. The molecule has 0 saturated heterocycles. The van der Waals surface area contributed by atoms with E-state index in [-0.39, 0.29) is 12.5 Å². The van der Waals surface area contributed by atoms with Crippen LogP contribution in [0.5, 0.6) is 0 Å². The van der Waals surface area contributed by atoms with E-state index in [1.165, 1.54) is 11.3 Å². The number of amides is 2. The average molecular weight is 374 g/mol. The van der Waals surface area contributed by atoms with Gasteiger partial charge in [0.05, 0.1) is 12.1 Å². The van der Waals surface area contributed by atoms with Crippen LogP contribution < -0.4 is 10.6 Å². The maximum atomic E-state index is 12.0. The van der Waals surface area contributed by atoms with Crippen LogP contribution in [0.15, 0.2) is 24.3 Å². The Morgan fingerprint density at radius 1 is 1.04 bits per heavy atom. The minimum atomic E-state index is -0.540. The molecule has 7 heteroatoms. The lowest BCUT2D eigenvalue weighted by molar-refractivity contribution is -0.126. The van der Waals surface area contributed by atoms with Crippen LogP contribution in [0.3, 0.4) is 0 Å². The van der Waals surface area contributed by atoms with Crippen molar-refractivity contribution in [3.63, 3.8) is 0 Å². The molecule has 6 nitrogen and oxygen atoms in total. The van der Waals surface area contributed by atoms with Crippen molar-refractivity contribution in [3.8, 4) is 0 Å². The molecule has 0 spiro atoms. The standard InChI is InChI=1S/C19H22N2O4S/c1-11-6-5-7-12(2)18(11)21-16(22)9-20-17(23)10-25-19(24)15-8-13(3)26-14(15)4/h5-8H,9-10H2,1-4H3,(H,20,23)(H,21,22). The lowest BCUT2D eigenvalue weighted by atomic mass is 10.1. The first-order valence-electron chi connectivity index (χ1n) is 8.15. The topological polar surface area (TPSA) is 84.5 Å². The van der Waals surface area contributed by atoms with Gasteiger partial charge < -0.3 is 15.4 Å². The van der Waals surface area contributed by atoms with E-state index in [2.05, 4.69) is 10.6 Å². The Morgan fingerprint density at radius 2 is 1.69 bits per heavy atom. The second-order valence-electron chi connectivity index (χ2n) is 5.99. The van der Waals surface area contributed by atoms with Crippen LogP contribution in [0.4, 0.5) is 5.69 Å². The summed E-state index contributed by atoms with van der Waals surface area (Å²) in [7, 11) is 0. The fourth-order valence-corrected chi connectivity index (χ4v) is 3.38. The number of nitrogens with one attached hydrogen (secondary N) is 2. The molecule has 2 rings (SSSR count). The first-order chi connectivity index (χ1) is 12.3. The number of para-hydroxylation sites is 1. The van der Waals surface area contributed by atoms with Crippen LogP contribution in [0.1, 0.15) is 31.2 Å². The second-order valence-corrected chi connectivity index (χ2v) is 7.46. The highest BCUT2D eigenvalue weighted by Crippen LogP contribution is 2.21. The summed E-state index contributed by atoms with van der Waals surface area (Å²) in [6.07, 6.45) is 0. The van der Waals surface area contributed by atoms with Gasteiger partial charge in [-0.25, -0.2) is 4.79 Å². The summed E-state index contributed by atoms with van der Waals surface area (Å²) in [5, 5.41) is 5.22. The minimum absolute atomic E-state index is 0.194. The monoisotopic (exact) mass is 374 g/mol. The molecule has 2 N–H and O–H groups in total. The van der Waals surface area contributed by atoms with Crippen LogP contribution >= 0.6 is 11.3 Å². The van der Waals surface area contributed by atoms with Gasteiger partial charge in [-0.3, -0.25) is 9.59 Å². The number of rotatable bonds is 6. The van der Waals surface area contributed by atoms with Crippen molar-refractivity contribution in [2.45, 2.75) is 27.7 Å². The van der Waals surface area contributed by atoms with Crippen molar-refractivity contribution in [3.05, 3.63) is 50.7 Å². The molecule has 0 unspecified atom stereocenters. The van der Waals surface area contributed by atoms with Gasteiger partial charge in [-0.15, -0.1) is 11.3 Å². The van der Waals surface area contributed by atoms with Crippen LogP contribution in [0, 0.1) is 27.7 Å². The van der Waals surface area contributed by atoms with E-state index in [9.17, 15) is 14.4 Å². The number of benzene rings is 1. The molecule has 0 fully saturated rings. The zero-order valence-electron chi connectivity index (χ0n) is 15.3. The van der Waals surface area contributed by atoms with Gasteiger partial charge >= 0.3 is 5.97 Å². The largest absolute Gasteiger partial charge is 0.452 e. The molecule has 0 atom stereocenters. The number of thiophene rings is 1. The third-order valence-electron chi connectivity index (χ3n) is 3.79. The van der Waals surface area contributed by atoms with E-state index in [1.807, 2.05) is 45.9 Å². The Hall–Kier alpha value is -2.67. The number of carbonyl (C=O) groups excluding carboxylic acids is 3. The molecule has 2 aromatic rings. The maximum absolute atomic E-state index is 12.0. The summed E-state index contributed by atoms with van der Waals surface area (Å²) in [4.78, 5) is 37.6. The first-order valence-corrected chi connectivity index (χ1v) is 8.96. The van der Waals surface area contributed by atoms with Crippen molar-refractivity contribution in [2.24, 2.45) is 0 Å². The molecular formula is C19H22N2O4S. The molecule has 26 heavy (non-hydrogen) atoms. The highest BCUT2D eigenvalue weighted by atomic mass is 32.1. The summed E-state index contributed by atoms with van der Waals surface area (Å²) in [6.45, 7) is 6.90. The van der Waals surface area contributed by atoms with Crippen LogP contribution in [-0.2, 0) is 14.3 Å². The van der Waals surface area contributed by atoms with E-state index in [4.69, 9.17) is 4.74 Å². The summed E-state index contributed by atoms with van der Waals surface area (Å²) in [6, 6.07) is 7.44. The average Bonchev–Trinajstić information content (AvgIpc) is 2.92. The molecule has 0 radical (unpaired) electrons. The van der Waals surface area contributed by atoms with E-state index < -0.39 is 18.5 Å². The number of aryl methyl sites for hydroxylation is 4. The van der Waals surface area contributed by atoms with Gasteiger partial charge in [0.2, 0.25) is 5.91 Å². The molecule has 1 aromatic heterocycles. The Bertz CT molecular complexity index is 822. The van der Waals surface area contributed by atoms with E-state index in [0.717, 1.165) is 26.6 Å². The molecule has 0 bridgehead atoms. The molecule has 2 amide bonds. The third kappa shape index (κ3) is 5.16. The van der Waals surface area contributed by atoms with Gasteiger partial charge in [-0.05, 0) is 44.9 Å². The molecule has 138 valence electrons. The Labute approximate surface area is 156 Å². The highest BCUT2D eigenvalue weighted by Gasteiger charge is 2.15. The Morgan fingerprint density at radius 3 is 2.27 bits per heavy atom. The van der Waals surface area contributed by atoms with E-state index in [0.29, 0.717) is 5.56 Å². The van der Waals surface area contributed by atoms with E-state index in [1.54, 1.807) is 6.07 Å². The second kappa shape index (κ2) is 8.62. The predicted octanol–water partition coefficient (Wildman–Crippen LogP) is 2.89. The van der Waals surface area contributed by atoms with Crippen molar-refractivity contribution >= 4 is 34.8 Å². The highest BCUT2D eigenvalue weighted by molar-refractivity contribution is 7.12. The van der Waals surface area contributed by atoms with Crippen LogP contribution in [0.25, 0.3) is 0 Å². The van der Waals surface area contributed by atoms with Crippen LogP contribution in [-0.4, -0.2) is 30.9 Å². The number of anilines is 1. The molecule has 1 heterocycles. The zero-order valence-corrected chi connectivity index (χ0v) is 16.1. The van der Waals surface area contributed by atoms with Gasteiger partial charge in [0.1, 0.15) is 0 Å². The lowest BCUT2D eigenvalue weighted by Crippen LogP contribution is -2.35. The molecular weight excluding hydrogens is 352 g/mol. The van der Waals surface area contributed by atoms with Crippen molar-refractivity contribution in [1.29, 1.82) is 0 Å². The summed E-state index contributed by atoms with van der Waals surface area (Å²) >= 11 is 1.49. The molecule has 0 saturated carbocycles. The molecule has 0 aliphatic rings. The summed E-state index contributed by atoms with van der Waals surface area (Å²) in [5.41, 5.74) is 3.09. The molecule has 0 aliphatic heterocycles. The smallest absolute Gasteiger partial charge is 0.339 e. The van der Waals surface area contributed by atoms with Gasteiger partial charge in [0, 0.05) is 15.4 Å². The van der Waals surface area contributed by atoms with Crippen molar-refractivity contribution in [2.75, 3.05) is 18.5 Å². The SMILES string of the molecule is Cc1cc(C(=O)OCC(=O)NCC(=O)Nc2c(C)cccc2C)c(C)s1. The van der Waals surface area contributed by atoms with Gasteiger partial charge in [-0.2, -0.15) is 0 Å². The van der Waals surface area contributed by atoms with Gasteiger partial charge in [0.15, 0.2) is 6.61 Å². The fraction of sp³-hybridized carbons (Fsp3) is 0.316. The first kappa shape index (κ1) is 19.7. The predicted molar refractivity (Wildman–Crippen MR) is 102 cm³/mol. The number of hydrogen-bond donors (Lipinski definition) is 2. The number of esters is 1. The van der Waals surface area contributed by atoms with Crippen LogP contribution in [0.2, 0.25) is 0 Å². The number of ether oxygens (including phenoxy) is 1. The number of carbonyl (C=O) groups is 3. The minimum Gasteiger partial charge on any atom is -0.452 e. The van der Waals surface area contributed by atoms with Gasteiger partial charge in [-0.1, -0.05) is 18.2 Å². The van der Waals surface area contributed by atoms with Crippen molar-refractivity contribution in [1.82, 2.24) is 5.32 Å². The molecule has 1 aromatic carbocycles. The maximum Gasteiger partial charge on any atom is 0.339 e. The fourth-order valence-electron chi connectivity index (χ4n) is 2.47. The summed E-state index contributed by atoms with van der Waals surface area (Å²) < 4.78 is 5.00. The van der Waals surface area contributed by atoms with E-state index >= 15 is 0 Å². The lowest BCUT2D eigenvalue weighted by Gasteiger charge is -2.12. The quantitative estimate of drug-likeness (QED) is 0.762. The normalized spacial score (nSPS) is 10.3. The zero-order chi connectivity index (χ0) is 19.3. The van der Waals surface area contributed by atoms with Crippen molar-refractivity contribution < 1.29 is 19.1 Å². The Kier molecular flexibility index (Phi) is 6.52. The number of hydrogen-bond acceptors (Lipinski definition) is 5. The molecule has 0 aliphatic carbocycles. The summed E-state index contributed by atoms with van der Waals surface area (Å²) in [5.74, 6) is -1.41.